The van der Waals surface area contributed by atoms with E-state index in [9.17, 15) is 14.9 Å². The summed E-state index contributed by atoms with van der Waals surface area (Å²) in [5.41, 5.74) is 0.526. The maximum atomic E-state index is 12.1. The Morgan fingerprint density at radius 1 is 1.14 bits per heavy atom. The number of hydrogen-bond donors (Lipinski definition) is 1. The Kier molecular flexibility index (Phi) is 3.83. The molecule has 1 aliphatic heterocycles. The summed E-state index contributed by atoms with van der Waals surface area (Å²) in [6.45, 7) is 0. The molecule has 3 aliphatic rings. The predicted octanol–water partition coefficient (Wildman–Crippen LogP) is 5.26. The van der Waals surface area contributed by atoms with Gasteiger partial charge in [0.15, 0.2) is 0 Å². The van der Waals surface area contributed by atoms with Crippen molar-refractivity contribution in [1.29, 1.82) is 0 Å². The van der Waals surface area contributed by atoms with Crippen molar-refractivity contribution in [1.82, 2.24) is 4.98 Å². The van der Waals surface area contributed by atoms with Gasteiger partial charge in [0.2, 0.25) is 0 Å². The fourth-order valence-electron chi connectivity index (χ4n) is 5.67. The number of thiazole rings is 1. The highest BCUT2D eigenvalue weighted by Crippen LogP contribution is 2.63. The lowest BCUT2D eigenvalue weighted by Crippen LogP contribution is -2.33. The molecule has 2 fully saturated rings. The molecule has 0 radical (unpaired) electrons. The topological polar surface area (TPSA) is 89.1 Å². The van der Waals surface area contributed by atoms with Crippen molar-refractivity contribution in [2.75, 3.05) is 0 Å². The van der Waals surface area contributed by atoms with Gasteiger partial charge in [-0.1, -0.05) is 23.5 Å². The van der Waals surface area contributed by atoms with E-state index in [1.54, 1.807) is 18.2 Å². The number of nitro groups is 1. The second-order valence-corrected chi connectivity index (χ2v) is 10.4. The predicted molar refractivity (Wildman–Crippen MR) is 112 cm³/mol. The molecule has 5 atom stereocenters. The number of fused-ring (bicyclic) bond motifs is 6. The van der Waals surface area contributed by atoms with Crippen molar-refractivity contribution in [3.8, 4) is 11.3 Å². The smallest absolute Gasteiger partial charge is 0.305 e. The molecule has 3 heterocycles. The largest absolute Gasteiger partial charge is 0.460 e. The number of nitrogens with zero attached hydrogens (tertiary/aromatic N) is 1. The van der Waals surface area contributed by atoms with Crippen molar-refractivity contribution in [2.45, 2.75) is 35.5 Å². The maximum absolute atomic E-state index is 12.1. The third-order valence-electron chi connectivity index (χ3n) is 6.76. The summed E-state index contributed by atoms with van der Waals surface area (Å²) in [6.07, 6.45) is 3.78. The van der Waals surface area contributed by atoms with Gasteiger partial charge >= 0.3 is 4.87 Å². The van der Waals surface area contributed by atoms with Gasteiger partial charge in [-0.25, -0.2) is 0 Å². The van der Waals surface area contributed by atoms with Crippen LogP contribution in [0.15, 0.2) is 50.6 Å². The molecule has 2 saturated carbocycles. The summed E-state index contributed by atoms with van der Waals surface area (Å²) in [5.74, 6) is 3.20. The first kappa shape index (κ1) is 17.5. The molecule has 0 saturated heterocycles. The van der Waals surface area contributed by atoms with Crippen LogP contribution in [0.3, 0.4) is 0 Å². The number of thioether (sulfide) groups is 1. The number of furan rings is 1. The van der Waals surface area contributed by atoms with Crippen LogP contribution in [0.2, 0.25) is 0 Å². The van der Waals surface area contributed by atoms with Gasteiger partial charge in [0, 0.05) is 11.3 Å². The molecule has 2 aliphatic carbocycles. The number of para-hydroxylation sites is 1. The Balaban J connectivity index is 1.47. The van der Waals surface area contributed by atoms with Crippen molar-refractivity contribution >= 4 is 28.8 Å². The number of aromatic nitrogens is 1. The second kappa shape index (κ2) is 6.34. The zero-order chi connectivity index (χ0) is 19.7. The van der Waals surface area contributed by atoms with E-state index in [1.165, 1.54) is 36.7 Å². The average Bonchev–Trinajstić information content (AvgIpc) is 3.49. The van der Waals surface area contributed by atoms with Crippen LogP contribution in [-0.2, 0) is 0 Å². The van der Waals surface area contributed by atoms with E-state index in [4.69, 9.17) is 4.42 Å². The first-order valence-electron chi connectivity index (χ1n) is 9.83. The van der Waals surface area contributed by atoms with Gasteiger partial charge in [0.1, 0.15) is 11.5 Å². The molecule has 1 N–H and O–H groups in total. The van der Waals surface area contributed by atoms with Gasteiger partial charge in [0.05, 0.1) is 26.3 Å². The summed E-state index contributed by atoms with van der Waals surface area (Å²) in [4.78, 5) is 27.2. The van der Waals surface area contributed by atoms with Gasteiger partial charge < -0.3 is 9.40 Å². The molecule has 8 heteroatoms. The van der Waals surface area contributed by atoms with Crippen molar-refractivity contribution < 1.29 is 9.34 Å². The van der Waals surface area contributed by atoms with Crippen molar-refractivity contribution in [3.05, 3.63) is 66.8 Å². The number of hydrogen-bond acceptors (Lipinski definition) is 6. The molecule has 1 aromatic carbocycles. The minimum absolute atomic E-state index is 0.0229. The van der Waals surface area contributed by atoms with Gasteiger partial charge in [-0.2, -0.15) is 0 Å². The van der Waals surface area contributed by atoms with Crippen molar-refractivity contribution in [2.24, 2.45) is 17.8 Å². The quantitative estimate of drug-likeness (QED) is 0.456. The number of aromatic amines is 1. The number of nitrogens with one attached hydrogen (secondary N) is 1. The van der Waals surface area contributed by atoms with Crippen LogP contribution in [0.5, 0.6) is 0 Å². The van der Waals surface area contributed by atoms with Crippen LogP contribution < -0.4 is 4.87 Å². The van der Waals surface area contributed by atoms with Gasteiger partial charge in [-0.3, -0.25) is 14.9 Å². The van der Waals surface area contributed by atoms with E-state index >= 15 is 0 Å². The van der Waals surface area contributed by atoms with Gasteiger partial charge in [0.25, 0.3) is 5.69 Å². The first-order valence-corrected chi connectivity index (χ1v) is 11.5. The Morgan fingerprint density at radius 2 is 1.97 bits per heavy atom. The number of benzene rings is 1. The molecule has 3 aromatic rings. The third kappa shape index (κ3) is 2.58. The standard InChI is InChI=1S/C21H18N2O4S2/c24-21-22-20-19(29-21)17(16-10-5-6-11(9-10)18(16)28-20)15-8-7-14(27-15)12-3-1-2-4-13(12)23(25)26/h1-4,7-8,10-11,16-18H,5-6,9H2,(H,22,24)/t10-,11-,16-,17+,18+/m1/s1. The molecule has 2 bridgehead atoms. The lowest BCUT2D eigenvalue weighted by Gasteiger charge is -2.38. The summed E-state index contributed by atoms with van der Waals surface area (Å²) in [5, 5.41) is 12.9. The van der Waals surface area contributed by atoms with Crippen LogP contribution in [0, 0.1) is 27.9 Å². The summed E-state index contributed by atoms with van der Waals surface area (Å²) in [7, 11) is 0. The van der Waals surface area contributed by atoms with E-state index in [2.05, 4.69) is 4.98 Å². The first-order chi connectivity index (χ1) is 14.1. The molecule has 0 spiro atoms. The summed E-state index contributed by atoms with van der Waals surface area (Å²) in [6, 6.07) is 10.4. The molecular formula is C21H18N2O4S2. The van der Waals surface area contributed by atoms with E-state index in [-0.39, 0.29) is 21.4 Å². The number of rotatable bonds is 3. The molecule has 6 nitrogen and oxygen atoms in total. The van der Waals surface area contributed by atoms with E-state index in [0.29, 0.717) is 34.3 Å². The minimum atomic E-state index is -0.378. The maximum Gasteiger partial charge on any atom is 0.305 e. The molecule has 0 unspecified atom stereocenters. The fraction of sp³-hybridized carbons (Fsp3) is 0.381. The van der Waals surface area contributed by atoms with Crippen LogP contribution in [0.1, 0.15) is 35.8 Å². The Bertz CT molecular complexity index is 1180. The molecule has 2 aromatic heterocycles. The van der Waals surface area contributed by atoms with Crippen molar-refractivity contribution in [3.63, 3.8) is 0 Å². The SMILES string of the molecule is O=c1[nH]c2c(s1)[C@@H](c1ccc(-c3ccccc3[N+](=O)[O-])o1)[C@H]1[C@@H]3CC[C@H](C3)[C@@H]1S2. The number of nitro benzene ring substituents is 1. The highest BCUT2D eigenvalue weighted by molar-refractivity contribution is 8.00. The number of H-pyrrole nitrogens is 1. The zero-order valence-electron chi connectivity index (χ0n) is 15.4. The summed E-state index contributed by atoms with van der Waals surface area (Å²) < 4.78 is 6.26. The lowest BCUT2D eigenvalue weighted by atomic mass is 9.77. The van der Waals surface area contributed by atoms with Crippen LogP contribution >= 0.6 is 23.1 Å². The lowest BCUT2D eigenvalue weighted by molar-refractivity contribution is -0.384. The zero-order valence-corrected chi connectivity index (χ0v) is 17.0. The highest BCUT2D eigenvalue weighted by atomic mass is 32.2. The molecular weight excluding hydrogens is 408 g/mol. The second-order valence-electron chi connectivity index (χ2n) is 8.15. The average molecular weight is 427 g/mol. The minimum Gasteiger partial charge on any atom is -0.460 e. The Morgan fingerprint density at radius 3 is 2.83 bits per heavy atom. The normalized spacial score (nSPS) is 29.6. The monoisotopic (exact) mass is 426 g/mol. The fourth-order valence-corrected chi connectivity index (χ4v) is 8.55. The molecule has 0 amide bonds. The third-order valence-corrected chi connectivity index (χ3v) is 9.39. The molecule has 6 rings (SSSR count). The Labute approximate surface area is 174 Å². The Hall–Kier alpha value is -2.32. The molecule has 29 heavy (non-hydrogen) atoms. The van der Waals surface area contributed by atoms with Crippen LogP contribution in [0.25, 0.3) is 11.3 Å². The summed E-state index contributed by atoms with van der Waals surface area (Å²) >= 11 is 3.13. The van der Waals surface area contributed by atoms with E-state index < -0.39 is 0 Å². The highest BCUT2D eigenvalue weighted by Gasteiger charge is 2.55. The van der Waals surface area contributed by atoms with E-state index in [0.717, 1.165) is 15.7 Å². The van der Waals surface area contributed by atoms with Gasteiger partial charge in [-0.15, -0.1) is 11.8 Å². The van der Waals surface area contributed by atoms with Crippen LogP contribution in [0.4, 0.5) is 5.69 Å². The van der Waals surface area contributed by atoms with E-state index in [1.807, 2.05) is 23.9 Å². The van der Waals surface area contributed by atoms with Crippen LogP contribution in [-0.4, -0.2) is 15.2 Å². The van der Waals surface area contributed by atoms with Gasteiger partial charge in [-0.05, 0) is 55.2 Å². The molecule has 148 valence electrons.